The van der Waals surface area contributed by atoms with Crippen molar-refractivity contribution in [2.75, 3.05) is 11.5 Å². The number of ether oxygens (including phenoxy) is 1. The van der Waals surface area contributed by atoms with E-state index in [4.69, 9.17) is 39.5 Å². The Balaban J connectivity index is 1.79. The second-order valence-corrected chi connectivity index (χ2v) is 8.12. The molecule has 0 aliphatic rings. The van der Waals surface area contributed by atoms with Gasteiger partial charge in [-0.15, -0.1) is 0 Å². The minimum atomic E-state index is -0.212. The summed E-state index contributed by atoms with van der Waals surface area (Å²) in [6, 6.07) is 19.8. The molecule has 0 fully saturated rings. The van der Waals surface area contributed by atoms with Crippen LogP contribution in [0.5, 0.6) is 5.75 Å². The number of amides is 1. The second kappa shape index (κ2) is 9.66. The third kappa shape index (κ3) is 5.65. The van der Waals surface area contributed by atoms with Gasteiger partial charge in [0.25, 0.3) is 5.91 Å². The Hall–Kier alpha value is -1.72. The number of carbonyl (C=O) groups is 1. The summed E-state index contributed by atoms with van der Waals surface area (Å²) in [5.41, 5.74) is 1.67. The van der Waals surface area contributed by atoms with Crippen LogP contribution in [0.25, 0.3) is 0 Å². The third-order valence-electron chi connectivity index (χ3n) is 3.93. The molecule has 0 bridgehead atoms. The number of halogens is 4. The van der Waals surface area contributed by atoms with Crippen LogP contribution < -0.4 is 9.64 Å². The number of rotatable bonds is 6. The predicted octanol–water partition coefficient (Wildman–Crippen LogP) is 7.02. The molecule has 28 heavy (non-hydrogen) atoms. The van der Waals surface area contributed by atoms with Crippen LogP contribution in [0.3, 0.4) is 0 Å². The topological polar surface area (TPSA) is 29.5 Å². The Morgan fingerprint density at radius 3 is 2.36 bits per heavy atom. The van der Waals surface area contributed by atoms with Crippen LogP contribution in [-0.2, 0) is 11.3 Å². The van der Waals surface area contributed by atoms with Gasteiger partial charge < -0.3 is 9.64 Å². The lowest BCUT2D eigenvalue weighted by atomic mass is 10.2. The zero-order chi connectivity index (χ0) is 20.1. The fraction of sp³-hybridized carbons (Fsp3) is 0.0952. The first-order valence-electron chi connectivity index (χ1n) is 8.30. The highest BCUT2D eigenvalue weighted by Gasteiger charge is 2.18. The molecule has 1 amide bonds. The van der Waals surface area contributed by atoms with Gasteiger partial charge in [0.15, 0.2) is 6.61 Å². The first kappa shape index (κ1) is 21.0. The van der Waals surface area contributed by atoms with Gasteiger partial charge in [-0.05, 0) is 48.0 Å². The summed E-state index contributed by atoms with van der Waals surface area (Å²) < 4.78 is 6.59. The molecular weight excluding hydrogens is 484 g/mol. The zero-order valence-corrected chi connectivity index (χ0v) is 18.4. The zero-order valence-electron chi connectivity index (χ0n) is 14.5. The monoisotopic (exact) mass is 497 g/mol. The van der Waals surface area contributed by atoms with Crippen molar-refractivity contribution < 1.29 is 9.53 Å². The fourth-order valence-electron chi connectivity index (χ4n) is 2.53. The molecule has 144 valence electrons. The number of carbonyl (C=O) groups excluding carboxylic acids is 1. The van der Waals surface area contributed by atoms with Crippen molar-refractivity contribution in [1.82, 2.24) is 0 Å². The van der Waals surface area contributed by atoms with Crippen LogP contribution in [0.15, 0.2) is 71.2 Å². The van der Waals surface area contributed by atoms with E-state index in [1.54, 1.807) is 41.3 Å². The van der Waals surface area contributed by atoms with Gasteiger partial charge in [0.1, 0.15) is 5.75 Å². The van der Waals surface area contributed by atoms with Crippen molar-refractivity contribution in [1.29, 1.82) is 0 Å². The molecule has 0 saturated carbocycles. The van der Waals surface area contributed by atoms with Crippen LogP contribution in [-0.4, -0.2) is 12.5 Å². The molecule has 0 aliphatic heterocycles. The maximum Gasteiger partial charge on any atom is 0.265 e. The average Bonchev–Trinajstić information content (AvgIpc) is 2.68. The quantitative estimate of drug-likeness (QED) is 0.365. The van der Waals surface area contributed by atoms with Crippen molar-refractivity contribution in [3.05, 3.63) is 91.8 Å². The Kier molecular flexibility index (Phi) is 7.24. The van der Waals surface area contributed by atoms with Crippen LogP contribution in [0.2, 0.25) is 15.1 Å². The van der Waals surface area contributed by atoms with E-state index in [0.29, 0.717) is 33.0 Å². The molecule has 0 N–H and O–H groups in total. The van der Waals surface area contributed by atoms with E-state index in [1.165, 1.54) is 0 Å². The van der Waals surface area contributed by atoms with Crippen LogP contribution in [0.4, 0.5) is 5.69 Å². The first-order valence-corrected chi connectivity index (χ1v) is 10.2. The van der Waals surface area contributed by atoms with Crippen molar-refractivity contribution in [2.24, 2.45) is 0 Å². The molecule has 0 saturated heterocycles. The molecule has 0 heterocycles. The van der Waals surface area contributed by atoms with E-state index in [1.807, 2.05) is 30.3 Å². The van der Waals surface area contributed by atoms with E-state index in [2.05, 4.69) is 15.9 Å². The summed E-state index contributed by atoms with van der Waals surface area (Å²) >= 11 is 21.4. The van der Waals surface area contributed by atoms with Crippen LogP contribution in [0, 0.1) is 0 Å². The molecule has 7 heteroatoms. The average molecular weight is 500 g/mol. The number of benzene rings is 3. The first-order chi connectivity index (χ1) is 13.4. The summed E-state index contributed by atoms with van der Waals surface area (Å²) in [6.45, 7) is 0.234. The molecular formula is C21H15BrCl3NO2. The van der Waals surface area contributed by atoms with Crippen molar-refractivity contribution in [3.8, 4) is 5.75 Å². The molecule has 0 aliphatic carbocycles. The molecule has 0 aromatic heterocycles. The Morgan fingerprint density at radius 1 is 0.929 bits per heavy atom. The van der Waals surface area contributed by atoms with Crippen molar-refractivity contribution in [3.63, 3.8) is 0 Å². The maximum absolute atomic E-state index is 12.9. The summed E-state index contributed by atoms with van der Waals surface area (Å²) in [7, 11) is 0. The lowest BCUT2D eigenvalue weighted by Gasteiger charge is -2.23. The van der Waals surface area contributed by atoms with Gasteiger partial charge in [-0.3, -0.25) is 4.79 Å². The minimum absolute atomic E-state index is 0.152. The molecule has 3 nitrogen and oxygen atoms in total. The SMILES string of the molecule is O=C(COc1ccc(Cl)c(Cl)c1)N(Cc1ccc(Br)cc1)c1cccc(Cl)c1. The summed E-state index contributed by atoms with van der Waals surface area (Å²) in [5, 5.41) is 1.35. The van der Waals surface area contributed by atoms with Gasteiger partial charge >= 0.3 is 0 Å². The van der Waals surface area contributed by atoms with E-state index < -0.39 is 0 Å². The molecule has 0 spiro atoms. The molecule has 0 unspecified atom stereocenters. The fourth-order valence-corrected chi connectivity index (χ4v) is 3.27. The molecule has 3 aromatic rings. The molecule has 0 atom stereocenters. The number of nitrogens with zero attached hydrogens (tertiary/aromatic N) is 1. The van der Waals surface area contributed by atoms with Gasteiger partial charge in [0.2, 0.25) is 0 Å². The molecule has 3 rings (SSSR count). The molecule has 3 aromatic carbocycles. The largest absolute Gasteiger partial charge is 0.484 e. The van der Waals surface area contributed by atoms with Gasteiger partial charge in [-0.1, -0.05) is 68.9 Å². The second-order valence-electron chi connectivity index (χ2n) is 5.95. The van der Waals surface area contributed by atoms with Crippen LogP contribution >= 0.6 is 50.7 Å². The highest BCUT2D eigenvalue weighted by atomic mass is 79.9. The lowest BCUT2D eigenvalue weighted by molar-refractivity contribution is -0.120. The third-order valence-corrected chi connectivity index (χ3v) is 5.43. The Bertz CT molecular complexity index is 980. The van der Waals surface area contributed by atoms with Gasteiger partial charge in [-0.2, -0.15) is 0 Å². The number of hydrogen-bond donors (Lipinski definition) is 0. The van der Waals surface area contributed by atoms with Crippen molar-refractivity contribution >= 4 is 62.3 Å². The van der Waals surface area contributed by atoms with E-state index in [0.717, 1.165) is 10.0 Å². The summed E-state index contributed by atoms with van der Waals surface area (Å²) in [6.07, 6.45) is 0. The van der Waals surface area contributed by atoms with E-state index >= 15 is 0 Å². The van der Waals surface area contributed by atoms with E-state index in [-0.39, 0.29) is 12.5 Å². The highest BCUT2D eigenvalue weighted by Crippen LogP contribution is 2.27. The maximum atomic E-state index is 12.9. The summed E-state index contributed by atoms with van der Waals surface area (Å²) in [4.78, 5) is 14.6. The predicted molar refractivity (Wildman–Crippen MR) is 119 cm³/mol. The molecule has 0 radical (unpaired) electrons. The normalized spacial score (nSPS) is 10.6. The van der Waals surface area contributed by atoms with Gasteiger partial charge in [0, 0.05) is 21.2 Å². The minimum Gasteiger partial charge on any atom is -0.484 e. The smallest absolute Gasteiger partial charge is 0.265 e. The van der Waals surface area contributed by atoms with Gasteiger partial charge in [0.05, 0.1) is 16.6 Å². The Morgan fingerprint density at radius 2 is 1.68 bits per heavy atom. The lowest BCUT2D eigenvalue weighted by Crippen LogP contribution is -2.34. The highest BCUT2D eigenvalue weighted by molar-refractivity contribution is 9.10. The van der Waals surface area contributed by atoms with Gasteiger partial charge in [-0.25, -0.2) is 0 Å². The standard InChI is InChI=1S/C21H15BrCl3NO2/c22-15-6-4-14(5-7-15)12-26(17-3-1-2-16(23)10-17)21(27)13-28-18-8-9-19(24)20(25)11-18/h1-11H,12-13H2. The summed E-state index contributed by atoms with van der Waals surface area (Å²) in [5.74, 6) is 0.258. The van der Waals surface area contributed by atoms with Crippen LogP contribution in [0.1, 0.15) is 5.56 Å². The van der Waals surface area contributed by atoms with E-state index in [9.17, 15) is 4.79 Å². The Labute approximate surface area is 186 Å². The number of anilines is 1. The van der Waals surface area contributed by atoms with Crippen molar-refractivity contribution in [2.45, 2.75) is 6.54 Å². The number of hydrogen-bond acceptors (Lipinski definition) is 2.